The average molecular weight is 544 g/mol. The second-order valence-electron chi connectivity index (χ2n) is 8.01. The molecule has 4 aromatic rings. The molecule has 0 aliphatic rings. The summed E-state index contributed by atoms with van der Waals surface area (Å²) in [6.07, 6.45) is 0.990. The van der Waals surface area contributed by atoms with Gasteiger partial charge in [-0.25, -0.2) is 4.98 Å². The Balaban J connectivity index is 1.29. The lowest BCUT2D eigenvalue weighted by Gasteiger charge is -2.13. The predicted molar refractivity (Wildman–Crippen MR) is 142 cm³/mol. The number of rotatable bonds is 7. The number of anilines is 1. The van der Waals surface area contributed by atoms with Gasteiger partial charge in [-0.05, 0) is 102 Å². The van der Waals surface area contributed by atoms with E-state index >= 15 is 0 Å². The van der Waals surface area contributed by atoms with Crippen molar-refractivity contribution in [2.45, 2.75) is 33.6 Å². The molecule has 1 aromatic heterocycles. The Hall–Kier alpha value is -2.41. The van der Waals surface area contributed by atoms with Crippen molar-refractivity contribution < 1.29 is 9.53 Å². The van der Waals surface area contributed by atoms with Crippen LogP contribution in [0.2, 0.25) is 5.02 Å². The van der Waals surface area contributed by atoms with Gasteiger partial charge in [0.2, 0.25) is 5.91 Å². The number of fused-ring (bicyclic) bond motifs is 1. The largest absolute Gasteiger partial charge is 0.492 e. The summed E-state index contributed by atoms with van der Waals surface area (Å²) in [5.41, 5.74) is 5.97. The molecule has 0 fully saturated rings. The molecule has 0 atom stereocenters. The number of nitrogens with zero attached hydrogens (tertiary/aromatic N) is 1. The number of hydrogen-bond acceptors (Lipinski definition) is 4. The summed E-state index contributed by atoms with van der Waals surface area (Å²) in [6, 6.07) is 16.0. The van der Waals surface area contributed by atoms with Crippen LogP contribution < -0.4 is 10.1 Å². The van der Waals surface area contributed by atoms with E-state index in [2.05, 4.69) is 46.4 Å². The molecule has 0 aliphatic heterocycles. The summed E-state index contributed by atoms with van der Waals surface area (Å²) in [6.45, 7) is 6.43. The zero-order chi connectivity index (χ0) is 23.5. The van der Waals surface area contributed by atoms with E-state index in [4.69, 9.17) is 21.3 Å². The number of hydrogen-bond donors (Lipinski definition) is 1. The van der Waals surface area contributed by atoms with Gasteiger partial charge in [0.25, 0.3) is 0 Å². The average Bonchev–Trinajstić information content (AvgIpc) is 3.22. The minimum atomic E-state index is -0.0376. The number of aryl methyl sites for hydroxylation is 2. The Morgan fingerprint density at radius 1 is 1.12 bits per heavy atom. The van der Waals surface area contributed by atoms with Gasteiger partial charge >= 0.3 is 0 Å². The molecule has 1 N–H and O–H groups in total. The molecule has 0 bridgehead atoms. The van der Waals surface area contributed by atoms with Crippen LogP contribution in [0.15, 0.2) is 53.0 Å². The molecule has 0 aliphatic carbocycles. The lowest BCUT2D eigenvalue weighted by molar-refractivity contribution is -0.116. The van der Waals surface area contributed by atoms with Crippen LogP contribution in [-0.2, 0) is 4.79 Å². The van der Waals surface area contributed by atoms with Crippen LogP contribution >= 0.6 is 38.9 Å². The monoisotopic (exact) mass is 542 g/mol. The summed E-state index contributed by atoms with van der Waals surface area (Å²) in [4.78, 5) is 17.1. The molecule has 3 aromatic carbocycles. The molecule has 0 saturated carbocycles. The molecule has 33 heavy (non-hydrogen) atoms. The SMILES string of the molecule is Cc1ccc2nc(-c3ccc(NC(=O)CCCOc4cc(C)c(Cl)c(C)c4Br)cc3)sc2c1. The standard InChI is InChI=1S/C26H24BrClN2O2S/c1-15-6-11-20-22(13-15)33-26(30-20)18-7-9-19(10-8-18)29-23(31)5-4-12-32-21-14-16(2)25(28)17(3)24(21)27/h6-11,13-14H,4-5,12H2,1-3H3,(H,29,31). The van der Waals surface area contributed by atoms with E-state index < -0.39 is 0 Å². The number of carbonyl (C=O) groups excluding carboxylic acids is 1. The molecule has 4 nitrogen and oxygen atoms in total. The molecular formula is C26H24BrClN2O2S. The quantitative estimate of drug-likeness (QED) is 0.240. The highest BCUT2D eigenvalue weighted by atomic mass is 79.9. The van der Waals surface area contributed by atoms with E-state index in [0.29, 0.717) is 19.4 Å². The Bertz CT molecular complexity index is 1320. The molecule has 1 heterocycles. The Morgan fingerprint density at radius 3 is 2.64 bits per heavy atom. The lowest BCUT2D eigenvalue weighted by Crippen LogP contribution is -2.12. The summed E-state index contributed by atoms with van der Waals surface area (Å²) in [5, 5.41) is 4.66. The minimum absolute atomic E-state index is 0.0376. The highest BCUT2D eigenvalue weighted by molar-refractivity contribution is 9.10. The molecule has 0 spiro atoms. The molecule has 1 amide bonds. The van der Waals surface area contributed by atoms with Crippen LogP contribution in [0.1, 0.15) is 29.5 Å². The predicted octanol–water partition coefficient (Wildman–Crippen LogP) is 8.10. The minimum Gasteiger partial charge on any atom is -0.492 e. The maximum atomic E-state index is 12.3. The van der Waals surface area contributed by atoms with Gasteiger partial charge in [0.05, 0.1) is 21.3 Å². The van der Waals surface area contributed by atoms with Crippen molar-refractivity contribution in [2.24, 2.45) is 0 Å². The van der Waals surface area contributed by atoms with E-state index in [9.17, 15) is 4.79 Å². The molecule has 4 rings (SSSR count). The van der Waals surface area contributed by atoms with Crippen molar-refractivity contribution in [1.29, 1.82) is 0 Å². The van der Waals surface area contributed by atoms with Crippen molar-refractivity contribution in [2.75, 3.05) is 11.9 Å². The number of thiazole rings is 1. The Morgan fingerprint density at radius 2 is 1.88 bits per heavy atom. The molecule has 7 heteroatoms. The zero-order valence-electron chi connectivity index (χ0n) is 18.7. The Labute approximate surface area is 211 Å². The van der Waals surface area contributed by atoms with Crippen molar-refractivity contribution in [1.82, 2.24) is 4.98 Å². The third kappa shape index (κ3) is 5.57. The number of aromatic nitrogens is 1. The summed E-state index contributed by atoms with van der Waals surface area (Å²) in [5.74, 6) is 0.708. The third-order valence-corrected chi connectivity index (χ3v) is 7.97. The molecule has 0 radical (unpaired) electrons. The molecule has 0 unspecified atom stereocenters. The smallest absolute Gasteiger partial charge is 0.224 e. The van der Waals surface area contributed by atoms with E-state index in [1.54, 1.807) is 11.3 Å². The van der Waals surface area contributed by atoms with Gasteiger partial charge in [-0.2, -0.15) is 0 Å². The van der Waals surface area contributed by atoms with E-state index in [1.165, 1.54) is 10.3 Å². The van der Waals surface area contributed by atoms with Crippen LogP contribution in [0.3, 0.4) is 0 Å². The van der Waals surface area contributed by atoms with Gasteiger partial charge in [0, 0.05) is 22.7 Å². The molecular weight excluding hydrogens is 520 g/mol. The van der Waals surface area contributed by atoms with Crippen LogP contribution in [0.4, 0.5) is 5.69 Å². The number of carbonyl (C=O) groups is 1. The first-order valence-electron chi connectivity index (χ1n) is 10.7. The summed E-state index contributed by atoms with van der Waals surface area (Å²) >= 11 is 11.5. The topological polar surface area (TPSA) is 51.2 Å². The second-order valence-corrected chi connectivity index (χ2v) is 10.2. The highest BCUT2D eigenvalue weighted by Crippen LogP contribution is 2.36. The summed E-state index contributed by atoms with van der Waals surface area (Å²) in [7, 11) is 0. The van der Waals surface area contributed by atoms with Crippen molar-refractivity contribution in [3.8, 4) is 16.3 Å². The first-order valence-corrected chi connectivity index (χ1v) is 12.7. The number of amides is 1. The molecule has 0 saturated heterocycles. The van der Waals surface area contributed by atoms with Crippen molar-refractivity contribution >= 4 is 60.7 Å². The van der Waals surface area contributed by atoms with Crippen LogP contribution in [0.5, 0.6) is 5.75 Å². The fourth-order valence-corrected chi connectivity index (χ4v) is 5.25. The number of nitrogens with one attached hydrogen (secondary N) is 1. The molecule has 170 valence electrons. The lowest BCUT2D eigenvalue weighted by atomic mass is 10.1. The van der Waals surface area contributed by atoms with Gasteiger partial charge in [0.1, 0.15) is 10.8 Å². The van der Waals surface area contributed by atoms with Crippen molar-refractivity contribution in [3.63, 3.8) is 0 Å². The highest BCUT2D eigenvalue weighted by Gasteiger charge is 2.12. The van der Waals surface area contributed by atoms with E-state index in [0.717, 1.165) is 48.1 Å². The maximum Gasteiger partial charge on any atom is 0.224 e. The second kappa shape index (κ2) is 10.2. The first-order chi connectivity index (χ1) is 15.8. The maximum absolute atomic E-state index is 12.3. The third-order valence-electron chi connectivity index (χ3n) is 5.33. The van der Waals surface area contributed by atoms with Gasteiger partial charge in [0.15, 0.2) is 0 Å². The fourth-order valence-electron chi connectivity index (χ4n) is 3.50. The van der Waals surface area contributed by atoms with Crippen LogP contribution in [0, 0.1) is 20.8 Å². The number of benzene rings is 3. The first kappa shape index (κ1) is 23.7. The Kier molecular flexibility index (Phi) is 7.37. The van der Waals surface area contributed by atoms with E-state index in [1.807, 2.05) is 44.2 Å². The number of halogens is 2. The normalized spacial score (nSPS) is 11.1. The van der Waals surface area contributed by atoms with Gasteiger partial charge in [-0.15, -0.1) is 11.3 Å². The van der Waals surface area contributed by atoms with Crippen molar-refractivity contribution in [3.05, 3.63) is 74.7 Å². The zero-order valence-corrected chi connectivity index (χ0v) is 21.8. The van der Waals surface area contributed by atoms with E-state index in [-0.39, 0.29) is 5.91 Å². The number of ether oxygens (including phenoxy) is 1. The van der Waals surface area contributed by atoms with Gasteiger partial charge in [-0.3, -0.25) is 4.79 Å². The fraction of sp³-hybridized carbons (Fsp3) is 0.231. The van der Waals surface area contributed by atoms with Gasteiger partial charge in [-0.1, -0.05) is 17.7 Å². The van der Waals surface area contributed by atoms with Gasteiger partial charge < -0.3 is 10.1 Å². The van der Waals surface area contributed by atoms with Crippen LogP contribution in [-0.4, -0.2) is 17.5 Å². The summed E-state index contributed by atoms with van der Waals surface area (Å²) < 4.78 is 7.89. The van der Waals surface area contributed by atoms with Crippen LogP contribution in [0.25, 0.3) is 20.8 Å².